The summed E-state index contributed by atoms with van der Waals surface area (Å²) in [6.45, 7) is 5.41. The molecular weight excluding hydrogens is 390 g/mol. The highest BCUT2D eigenvalue weighted by Gasteiger charge is 2.21. The summed E-state index contributed by atoms with van der Waals surface area (Å²) in [5, 5.41) is 0. The highest BCUT2D eigenvalue weighted by molar-refractivity contribution is 5.60. The van der Waals surface area contributed by atoms with Crippen LogP contribution >= 0.6 is 0 Å². The van der Waals surface area contributed by atoms with Gasteiger partial charge in [0.2, 0.25) is 0 Å². The van der Waals surface area contributed by atoms with Gasteiger partial charge in [-0.15, -0.1) is 0 Å². The number of hydrogen-bond acceptors (Lipinski definition) is 2. The Morgan fingerprint density at radius 1 is 0.750 bits per heavy atom. The zero-order valence-corrected chi connectivity index (χ0v) is 20.7. The summed E-state index contributed by atoms with van der Waals surface area (Å²) < 4.78 is 6.15. The van der Waals surface area contributed by atoms with E-state index >= 15 is 0 Å². The molecular formula is C30H45NO. The summed E-state index contributed by atoms with van der Waals surface area (Å²) in [6.07, 6.45) is 21.0. The Balaban J connectivity index is 1.35. The SMILES string of the molecule is CCCCCCC[C@H]1CC[C@H](COc2ccc(-c3ccc(CCCCC)cn3)cc2)CC1. The van der Waals surface area contributed by atoms with Crippen molar-refractivity contribution >= 4 is 0 Å². The zero-order valence-electron chi connectivity index (χ0n) is 20.7. The lowest BCUT2D eigenvalue weighted by molar-refractivity contribution is 0.177. The molecule has 0 N–H and O–H groups in total. The van der Waals surface area contributed by atoms with Crippen molar-refractivity contribution in [3.63, 3.8) is 0 Å². The maximum absolute atomic E-state index is 6.15. The van der Waals surface area contributed by atoms with Crippen molar-refractivity contribution in [1.82, 2.24) is 4.98 Å². The Labute approximate surface area is 197 Å². The largest absolute Gasteiger partial charge is 0.493 e. The van der Waals surface area contributed by atoms with Crippen LogP contribution in [0.5, 0.6) is 5.75 Å². The van der Waals surface area contributed by atoms with Gasteiger partial charge < -0.3 is 4.74 Å². The number of rotatable bonds is 14. The third-order valence-corrected chi connectivity index (χ3v) is 7.21. The van der Waals surface area contributed by atoms with E-state index in [0.29, 0.717) is 0 Å². The minimum absolute atomic E-state index is 0.730. The van der Waals surface area contributed by atoms with Crippen molar-refractivity contribution < 1.29 is 4.74 Å². The van der Waals surface area contributed by atoms with Gasteiger partial charge in [0, 0.05) is 11.8 Å². The van der Waals surface area contributed by atoms with Crippen LogP contribution in [0.25, 0.3) is 11.3 Å². The third kappa shape index (κ3) is 8.60. The molecule has 1 heterocycles. The maximum Gasteiger partial charge on any atom is 0.119 e. The van der Waals surface area contributed by atoms with Gasteiger partial charge in [-0.05, 0) is 73.4 Å². The number of unbranched alkanes of at least 4 members (excludes halogenated alkanes) is 6. The lowest BCUT2D eigenvalue weighted by atomic mass is 9.80. The summed E-state index contributed by atoms with van der Waals surface area (Å²) in [6, 6.07) is 12.9. The molecule has 0 bridgehead atoms. The predicted molar refractivity (Wildman–Crippen MR) is 137 cm³/mol. The summed E-state index contributed by atoms with van der Waals surface area (Å²) in [4.78, 5) is 4.68. The van der Waals surface area contributed by atoms with Crippen molar-refractivity contribution in [1.29, 1.82) is 0 Å². The number of hydrogen-bond donors (Lipinski definition) is 0. The number of aromatic nitrogens is 1. The van der Waals surface area contributed by atoms with Gasteiger partial charge in [0.1, 0.15) is 5.75 Å². The first-order valence-electron chi connectivity index (χ1n) is 13.5. The fourth-order valence-electron chi connectivity index (χ4n) is 4.98. The van der Waals surface area contributed by atoms with Gasteiger partial charge >= 0.3 is 0 Å². The Morgan fingerprint density at radius 3 is 2.12 bits per heavy atom. The minimum Gasteiger partial charge on any atom is -0.493 e. The highest BCUT2D eigenvalue weighted by Crippen LogP contribution is 2.32. The molecule has 32 heavy (non-hydrogen) atoms. The molecule has 176 valence electrons. The van der Waals surface area contributed by atoms with Gasteiger partial charge in [0.05, 0.1) is 12.3 Å². The van der Waals surface area contributed by atoms with Gasteiger partial charge in [-0.1, -0.05) is 84.1 Å². The predicted octanol–water partition coefficient (Wildman–Crippen LogP) is 9.03. The van der Waals surface area contributed by atoms with E-state index in [1.165, 1.54) is 89.0 Å². The second-order valence-electron chi connectivity index (χ2n) is 9.93. The molecule has 0 atom stereocenters. The molecule has 1 aromatic carbocycles. The molecule has 0 aliphatic heterocycles. The second kappa shape index (κ2) is 14.3. The lowest BCUT2D eigenvalue weighted by Crippen LogP contribution is -2.20. The molecule has 1 fully saturated rings. The normalized spacial score (nSPS) is 18.6. The van der Waals surface area contributed by atoms with Crippen LogP contribution in [-0.4, -0.2) is 11.6 Å². The Kier molecular flexibility index (Phi) is 11.1. The van der Waals surface area contributed by atoms with E-state index in [1.807, 2.05) is 6.20 Å². The molecule has 0 spiro atoms. The molecule has 0 amide bonds. The Morgan fingerprint density at radius 2 is 1.44 bits per heavy atom. The van der Waals surface area contributed by atoms with E-state index in [-0.39, 0.29) is 0 Å². The average molecular weight is 436 g/mol. The van der Waals surface area contributed by atoms with Gasteiger partial charge in [-0.25, -0.2) is 0 Å². The molecule has 2 heteroatoms. The summed E-state index contributed by atoms with van der Waals surface area (Å²) in [5.41, 5.74) is 3.55. The molecule has 0 unspecified atom stereocenters. The van der Waals surface area contributed by atoms with Crippen LogP contribution in [0.1, 0.15) is 103 Å². The number of ether oxygens (including phenoxy) is 1. The Bertz CT molecular complexity index is 728. The second-order valence-corrected chi connectivity index (χ2v) is 9.93. The number of pyridine rings is 1. The number of nitrogens with zero attached hydrogens (tertiary/aromatic N) is 1. The summed E-state index contributed by atoms with van der Waals surface area (Å²) in [5.74, 6) is 2.69. The fraction of sp³-hybridized carbons (Fsp3) is 0.633. The monoisotopic (exact) mass is 435 g/mol. The first-order valence-corrected chi connectivity index (χ1v) is 13.5. The van der Waals surface area contributed by atoms with Gasteiger partial charge in [-0.2, -0.15) is 0 Å². The van der Waals surface area contributed by atoms with Crippen LogP contribution in [0.3, 0.4) is 0 Å². The van der Waals surface area contributed by atoms with Crippen LogP contribution in [-0.2, 0) is 6.42 Å². The van der Waals surface area contributed by atoms with Crippen molar-refractivity contribution in [2.45, 2.75) is 104 Å². The van der Waals surface area contributed by atoms with E-state index in [9.17, 15) is 0 Å². The first kappa shape index (κ1) is 24.8. The molecule has 1 aliphatic carbocycles. The zero-order chi connectivity index (χ0) is 22.4. The molecule has 3 rings (SSSR count). The molecule has 1 saturated carbocycles. The van der Waals surface area contributed by atoms with Crippen LogP contribution < -0.4 is 4.74 Å². The van der Waals surface area contributed by atoms with Crippen LogP contribution in [0, 0.1) is 11.8 Å². The molecule has 1 aromatic heterocycles. The summed E-state index contributed by atoms with van der Waals surface area (Å²) in [7, 11) is 0. The topological polar surface area (TPSA) is 22.1 Å². The van der Waals surface area contributed by atoms with Crippen LogP contribution in [0.15, 0.2) is 42.6 Å². The lowest BCUT2D eigenvalue weighted by Gasteiger charge is -2.28. The van der Waals surface area contributed by atoms with E-state index in [2.05, 4.69) is 55.2 Å². The minimum atomic E-state index is 0.730. The van der Waals surface area contributed by atoms with Crippen molar-refractivity contribution in [3.8, 4) is 17.0 Å². The number of benzene rings is 1. The maximum atomic E-state index is 6.15. The highest BCUT2D eigenvalue weighted by atomic mass is 16.5. The number of aryl methyl sites for hydroxylation is 1. The molecule has 0 saturated heterocycles. The molecule has 1 aliphatic rings. The van der Waals surface area contributed by atoms with Crippen LogP contribution in [0.2, 0.25) is 0 Å². The van der Waals surface area contributed by atoms with E-state index in [1.54, 1.807) is 0 Å². The van der Waals surface area contributed by atoms with E-state index in [0.717, 1.165) is 41.9 Å². The van der Waals surface area contributed by atoms with Crippen molar-refractivity contribution in [2.75, 3.05) is 6.61 Å². The van der Waals surface area contributed by atoms with Gasteiger partial charge in [-0.3, -0.25) is 4.98 Å². The van der Waals surface area contributed by atoms with Gasteiger partial charge in [0.25, 0.3) is 0 Å². The van der Waals surface area contributed by atoms with Crippen molar-refractivity contribution in [2.24, 2.45) is 11.8 Å². The van der Waals surface area contributed by atoms with E-state index in [4.69, 9.17) is 4.74 Å². The third-order valence-electron chi connectivity index (χ3n) is 7.21. The summed E-state index contributed by atoms with van der Waals surface area (Å²) >= 11 is 0. The first-order chi connectivity index (χ1) is 15.8. The fourth-order valence-corrected chi connectivity index (χ4v) is 4.98. The van der Waals surface area contributed by atoms with Gasteiger partial charge in [0.15, 0.2) is 0 Å². The Hall–Kier alpha value is -1.83. The van der Waals surface area contributed by atoms with E-state index < -0.39 is 0 Å². The standard InChI is InChI=1S/C30H45NO/c1-3-5-7-8-10-11-25-13-15-27(16-14-25)24-32-29-20-18-28(19-21-29)30-22-17-26(23-31-30)12-9-6-4-2/h17-23,25,27H,3-16,24H2,1-2H3/t25-,27-. The smallest absolute Gasteiger partial charge is 0.119 e. The quantitative estimate of drug-likeness (QED) is 0.276. The molecule has 2 aromatic rings. The molecule has 2 nitrogen and oxygen atoms in total. The molecule has 0 radical (unpaired) electrons. The van der Waals surface area contributed by atoms with Crippen molar-refractivity contribution in [3.05, 3.63) is 48.2 Å². The average Bonchev–Trinajstić information content (AvgIpc) is 2.84. The van der Waals surface area contributed by atoms with Crippen LogP contribution in [0.4, 0.5) is 0 Å².